The zero-order valence-corrected chi connectivity index (χ0v) is 13.9. The first-order chi connectivity index (χ1) is 8.27. The van der Waals surface area contributed by atoms with Gasteiger partial charge in [-0.3, -0.25) is 9.89 Å². The van der Waals surface area contributed by atoms with Crippen LogP contribution in [-0.2, 0) is 4.74 Å². The number of nitrogens with zero attached hydrogens (tertiary/aromatic N) is 2. The number of hydrogen-bond donors (Lipinski definition) is 2. The number of halogens is 1. The van der Waals surface area contributed by atoms with Gasteiger partial charge in [0, 0.05) is 19.2 Å². The fourth-order valence-corrected chi connectivity index (χ4v) is 2.17. The molecular formula is C12H27IN4O. The Morgan fingerprint density at radius 1 is 1.50 bits per heavy atom. The number of aliphatic imine (C=N–C) groups is 1. The first-order valence-corrected chi connectivity index (χ1v) is 6.63. The van der Waals surface area contributed by atoms with E-state index in [2.05, 4.69) is 22.1 Å². The third-order valence-corrected chi connectivity index (χ3v) is 3.13. The standard InChI is InChI=1S/C12H26N4O.HI/c1-3-16-8-5-6-11(16)10-15-12(13)14-7-9-17-4-2;/h11H,3-10H2,1-2H3,(H3,13,14,15);1H. The average Bonchev–Trinajstić information content (AvgIpc) is 2.79. The van der Waals surface area contributed by atoms with Crippen molar-refractivity contribution in [3.05, 3.63) is 0 Å². The summed E-state index contributed by atoms with van der Waals surface area (Å²) >= 11 is 0. The van der Waals surface area contributed by atoms with E-state index in [0.29, 0.717) is 18.6 Å². The van der Waals surface area contributed by atoms with Gasteiger partial charge in [0.1, 0.15) is 0 Å². The Bertz CT molecular complexity index is 238. The molecule has 1 rings (SSSR count). The van der Waals surface area contributed by atoms with E-state index in [-0.39, 0.29) is 24.0 Å². The van der Waals surface area contributed by atoms with Crippen molar-refractivity contribution in [1.82, 2.24) is 10.2 Å². The summed E-state index contributed by atoms with van der Waals surface area (Å²) < 4.78 is 5.21. The van der Waals surface area contributed by atoms with Crippen LogP contribution in [0.2, 0.25) is 0 Å². The average molecular weight is 370 g/mol. The molecule has 1 heterocycles. The molecule has 0 saturated carbocycles. The van der Waals surface area contributed by atoms with E-state index in [1.807, 2.05) is 6.92 Å². The molecule has 0 radical (unpaired) electrons. The Morgan fingerprint density at radius 3 is 2.94 bits per heavy atom. The van der Waals surface area contributed by atoms with Gasteiger partial charge in [-0.1, -0.05) is 6.92 Å². The molecule has 0 bridgehead atoms. The van der Waals surface area contributed by atoms with Gasteiger partial charge < -0.3 is 15.8 Å². The largest absolute Gasteiger partial charge is 0.380 e. The molecule has 1 unspecified atom stereocenters. The molecule has 5 nitrogen and oxygen atoms in total. The molecule has 0 amide bonds. The Labute approximate surface area is 128 Å². The quantitative estimate of drug-likeness (QED) is 0.304. The summed E-state index contributed by atoms with van der Waals surface area (Å²) in [6.07, 6.45) is 2.52. The predicted octanol–water partition coefficient (Wildman–Crippen LogP) is 1.03. The third kappa shape index (κ3) is 6.75. The molecular weight excluding hydrogens is 343 g/mol. The molecule has 18 heavy (non-hydrogen) atoms. The summed E-state index contributed by atoms with van der Waals surface area (Å²) in [5.41, 5.74) is 5.79. The molecule has 1 atom stereocenters. The molecule has 6 heteroatoms. The molecule has 3 N–H and O–H groups in total. The van der Waals surface area contributed by atoms with E-state index in [9.17, 15) is 0 Å². The van der Waals surface area contributed by atoms with Crippen LogP contribution in [0.25, 0.3) is 0 Å². The summed E-state index contributed by atoms with van der Waals surface area (Å²) in [4.78, 5) is 6.86. The molecule has 108 valence electrons. The number of guanidine groups is 1. The van der Waals surface area contributed by atoms with E-state index in [1.165, 1.54) is 19.4 Å². The Kier molecular flexibility index (Phi) is 10.8. The summed E-state index contributed by atoms with van der Waals surface area (Å²) in [5, 5.41) is 3.06. The molecule has 0 spiro atoms. The molecule has 1 fully saturated rings. The van der Waals surface area contributed by atoms with E-state index >= 15 is 0 Å². The fraction of sp³-hybridized carbons (Fsp3) is 0.917. The van der Waals surface area contributed by atoms with Crippen molar-refractivity contribution in [3.8, 4) is 0 Å². The van der Waals surface area contributed by atoms with Crippen molar-refractivity contribution in [2.24, 2.45) is 10.7 Å². The van der Waals surface area contributed by atoms with E-state index in [0.717, 1.165) is 26.2 Å². The molecule has 0 aromatic carbocycles. The van der Waals surface area contributed by atoms with Crippen molar-refractivity contribution in [2.45, 2.75) is 32.7 Å². The number of nitrogens with one attached hydrogen (secondary N) is 1. The number of likely N-dealkylation sites (tertiary alicyclic amines) is 1. The van der Waals surface area contributed by atoms with Crippen LogP contribution in [0, 0.1) is 0 Å². The number of ether oxygens (including phenoxy) is 1. The minimum Gasteiger partial charge on any atom is -0.380 e. The maximum Gasteiger partial charge on any atom is 0.188 e. The first-order valence-electron chi connectivity index (χ1n) is 6.63. The van der Waals surface area contributed by atoms with Crippen molar-refractivity contribution >= 4 is 29.9 Å². The lowest BCUT2D eigenvalue weighted by Crippen LogP contribution is -2.37. The van der Waals surface area contributed by atoms with Gasteiger partial charge in [0.05, 0.1) is 13.2 Å². The Balaban J connectivity index is 0.00000289. The maximum atomic E-state index is 5.79. The maximum absolute atomic E-state index is 5.79. The first kappa shape index (κ1) is 17.9. The van der Waals surface area contributed by atoms with Gasteiger partial charge in [0.25, 0.3) is 0 Å². The fourth-order valence-electron chi connectivity index (χ4n) is 2.17. The van der Waals surface area contributed by atoms with Crippen molar-refractivity contribution in [2.75, 3.05) is 39.4 Å². The lowest BCUT2D eigenvalue weighted by atomic mass is 10.2. The highest BCUT2D eigenvalue weighted by molar-refractivity contribution is 14.0. The molecule has 0 aliphatic carbocycles. The van der Waals surface area contributed by atoms with E-state index < -0.39 is 0 Å². The smallest absolute Gasteiger partial charge is 0.188 e. The Hall–Kier alpha value is -0.0800. The molecule has 1 saturated heterocycles. The van der Waals surface area contributed by atoms with Crippen LogP contribution < -0.4 is 11.1 Å². The number of hydrogen-bond acceptors (Lipinski definition) is 3. The number of nitrogens with two attached hydrogens (primary N) is 1. The van der Waals surface area contributed by atoms with Gasteiger partial charge in [-0.15, -0.1) is 24.0 Å². The van der Waals surface area contributed by atoms with Crippen LogP contribution in [-0.4, -0.2) is 56.3 Å². The van der Waals surface area contributed by atoms with Gasteiger partial charge in [0.2, 0.25) is 0 Å². The lowest BCUT2D eigenvalue weighted by molar-refractivity contribution is 0.152. The van der Waals surface area contributed by atoms with Crippen molar-refractivity contribution in [1.29, 1.82) is 0 Å². The van der Waals surface area contributed by atoms with E-state index in [4.69, 9.17) is 10.5 Å². The zero-order chi connectivity index (χ0) is 12.5. The van der Waals surface area contributed by atoms with Crippen molar-refractivity contribution in [3.63, 3.8) is 0 Å². The van der Waals surface area contributed by atoms with Crippen molar-refractivity contribution < 1.29 is 4.74 Å². The Morgan fingerprint density at radius 2 is 2.28 bits per heavy atom. The number of rotatable bonds is 7. The summed E-state index contributed by atoms with van der Waals surface area (Å²) in [6.45, 7) is 9.45. The molecule has 1 aliphatic rings. The minimum absolute atomic E-state index is 0. The van der Waals surface area contributed by atoms with Crippen LogP contribution in [0.3, 0.4) is 0 Å². The second-order valence-electron chi connectivity index (χ2n) is 4.27. The topological polar surface area (TPSA) is 62.9 Å². The van der Waals surface area contributed by atoms with Gasteiger partial charge >= 0.3 is 0 Å². The van der Waals surface area contributed by atoms with E-state index in [1.54, 1.807) is 0 Å². The second kappa shape index (κ2) is 10.8. The van der Waals surface area contributed by atoms with Gasteiger partial charge in [0.15, 0.2) is 5.96 Å². The molecule has 1 aliphatic heterocycles. The summed E-state index contributed by atoms with van der Waals surface area (Å²) in [7, 11) is 0. The van der Waals surface area contributed by atoms with Gasteiger partial charge in [-0.2, -0.15) is 0 Å². The van der Waals surface area contributed by atoms with Crippen LogP contribution >= 0.6 is 24.0 Å². The summed E-state index contributed by atoms with van der Waals surface area (Å²) in [6, 6.07) is 0.576. The van der Waals surface area contributed by atoms with Gasteiger partial charge in [-0.05, 0) is 32.9 Å². The van der Waals surface area contributed by atoms with Crippen LogP contribution in [0.1, 0.15) is 26.7 Å². The predicted molar refractivity (Wildman–Crippen MR) is 86.7 cm³/mol. The van der Waals surface area contributed by atoms with Crippen LogP contribution in [0.15, 0.2) is 4.99 Å². The normalized spacial score (nSPS) is 20.8. The molecule has 0 aromatic heterocycles. The van der Waals surface area contributed by atoms with Crippen LogP contribution in [0.4, 0.5) is 0 Å². The highest BCUT2D eigenvalue weighted by Crippen LogP contribution is 2.16. The molecule has 0 aromatic rings. The highest BCUT2D eigenvalue weighted by Gasteiger charge is 2.22. The monoisotopic (exact) mass is 370 g/mol. The van der Waals surface area contributed by atoms with Gasteiger partial charge in [-0.25, -0.2) is 0 Å². The SMILES string of the molecule is CCOCCNC(N)=NCC1CCCN1CC.I. The number of likely N-dealkylation sites (N-methyl/N-ethyl adjacent to an activating group) is 1. The second-order valence-corrected chi connectivity index (χ2v) is 4.27. The van der Waals surface area contributed by atoms with Crippen LogP contribution in [0.5, 0.6) is 0 Å². The highest BCUT2D eigenvalue weighted by atomic mass is 127. The zero-order valence-electron chi connectivity index (χ0n) is 11.5. The lowest BCUT2D eigenvalue weighted by Gasteiger charge is -2.20. The summed E-state index contributed by atoms with van der Waals surface area (Å²) in [5.74, 6) is 0.535. The third-order valence-electron chi connectivity index (χ3n) is 3.13. The minimum atomic E-state index is 0.